The number of hydrogen-bond donors (Lipinski definition) is 1. The lowest BCUT2D eigenvalue weighted by Crippen LogP contribution is -2.52. The van der Waals surface area contributed by atoms with Gasteiger partial charge in [-0.2, -0.15) is 0 Å². The molecule has 0 aromatic heterocycles. The standard InChI is InChI=1S/C27H38ClN3O4S/c1-19-10-13-22(14-11-19)18-30(21(3)26(33)29-27(4,5)6)25(32)9-8-16-31(36(7,34)35)24-17-23(28)15-12-20(24)2/h10-15,17,21H,8-9,16,18H2,1-7H3,(H,29,33)/t21-/m0/s1. The fraction of sp³-hybridized carbons (Fsp3) is 0.481. The van der Waals surface area contributed by atoms with Gasteiger partial charge in [0.25, 0.3) is 0 Å². The highest BCUT2D eigenvalue weighted by Crippen LogP contribution is 2.27. The van der Waals surface area contributed by atoms with Gasteiger partial charge in [0, 0.05) is 30.1 Å². The highest BCUT2D eigenvalue weighted by atomic mass is 35.5. The van der Waals surface area contributed by atoms with Gasteiger partial charge in [0.1, 0.15) is 6.04 Å². The van der Waals surface area contributed by atoms with Crippen molar-refractivity contribution < 1.29 is 18.0 Å². The SMILES string of the molecule is Cc1ccc(CN(C(=O)CCCN(c2cc(Cl)ccc2C)S(C)(=O)=O)[C@@H](C)C(=O)NC(C)(C)C)cc1. The summed E-state index contributed by atoms with van der Waals surface area (Å²) >= 11 is 6.11. The van der Waals surface area contributed by atoms with Crippen LogP contribution >= 0.6 is 11.6 Å². The molecule has 0 saturated heterocycles. The first kappa shape index (κ1) is 29.6. The van der Waals surface area contributed by atoms with Crippen molar-refractivity contribution >= 4 is 39.1 Å². The van der Waals surface area contributed by atoms with Crippen LogP contribution in [0.15, 0.2) is 42.5 Å². The summed E-state index contributed by atoms with van der Waals surface area (Å²) in [7, 11) is -3.59. The Morgan fingerprint density at radius 3 is 2.22 bits per heavy atom. The Morgan fingerprint density at radius 1 is 1.06 bits per heavy atom. The zero-order chi connectivity index (χ0) is 27.3. The Bertz CT molecular complexity index is 1170. The van der Waals surface area contributed by atoms with Crippen molar-refractivity contribution in [3.05, 3.63) is 64.2 Å². The third-order valence-electron chi connectivity index (χ3n) is 5.73. The number of sulfonamides is 1. The molecule has 0 spiro atoms. The van der Waals surface area contributed by atoms with E-state index >= 15 is 0 Å². The van der Waals surface area contributed by atoms with Gasteiger partial charge in [0.15, 0.2) is 0 Å². The van der Waals surface area contributed by atoms with Gasteiger partial charge >= 0.3 is 0 Å². The second-order valence-corrected chi connectivity index (χ2v) is 12.6. The number of carbonyl (C=O) groups is 2. The number of anilines is 1. The van der Waals surface area contributed by atoms with Gasteiger partial charge in [-0.1, -0.05) is 47.5 Å². The van der Waals surface area contributed by atoms with Gasteiger partial charge in [0.05, 0.1) is 11.9 Å². The van der Waals surface area contributed by atoms with Crippen LogP contribution in [0.2, 0.25) is 5.02 Å². The fourth-order valence-electron chi connectivity index (χ4n) is 3.78. The molecule has 1 N–H and O–H groups in total. The van der Waals surface area contributed by atoms with Crippen molar-refractivity contribution in [1.82, 2.24) is 10.2 Å². The minimum Gasteiger partial charge on any atom is -0.350 e. The number of hydrogen-bond acceptors (Lipinski definition) is 4. The molecule has 7 nitrogen and oxygen atoms in total. The molecule has 2 amide bonds. The van der Waals surface area contributed by atoms with Crippen molar-refractivity contribution in [3.63, 3.8) is 0 Å². The van der Waals surface area contributed by atoms with E-state index in [1.165, 1.54) is 4.31 Å². The predicted molar refractivity (Wildman–Crippen MR) is 147 cm³/mol. The van der Waals surface area contributed by atoms with Crippen LogP contribution in [-0.2, 0) is 26.2 Å². The van der Waals surface area contributed by atoms with Crippen LogP contribution in [0.4, 0.5) is 5.69 Å². The molecule has 2 aromatic rings. The van der Waals surface area contributed by atoms with E-state index in [0.29, 0.717) is 10.7 Å². The number of nitrogens with zero attached hydrogens (tertiary/aromatic N) is 2. The van der Waals surface area contributed by atoms with E-state index in [9.17, 15) is 18.0 Å². The van der Waals surface area contributed by atoms with Crippen LogP contribution < -0.4 is 9.62 Å². The van der Waals surface area contributed by atoms with Crippen LogP contribution in [-0.4, -0.2) is 49.5 Å². The second-order valence-electron chi connectivity index (χ2n) is 10.3. The molecule has 0 aliphatic carbocycles. The summed E-state index contributed by atoms with van der Waals surface area (Å²) in [5.74, 6) is -0.460. The van der Waals surface area contributed by atoms with E-state index in [-0.39, 0.29) is 37.7 Å². The van der Waals surface area contributed by atoms with E-state index < -0.39 is 21.6 Å². The molecule has 198 valence electrons. The molecule has 2 aromatic carbocycles. The molecule has 0 bridgehead atoms. The Hall–Kier alpha value is -2.58. The molecule has 0 fully saturated rings. The molecule has 0 heterocycles. The molecule has 0 aliphatic heterocycles. The maximum atomic E-state index is 13.4. The topological polar surface area (TPSA) is 86.8 Å². The summed E-state index contributed by atoms with van der Waals surface area (Å²) < 4.78 is 26.4. The third kappa shape index (κ3) is 8.82. The second kappa shape index (κ2) is 12.1. The summed E-state index contributed by atoms with van der Waals surface area (Å²) in [6.07, 6.45) is 1.51. The number of amides is 2. The Balaban J connectivity index is 2.22. The first-order chi connectivity index (χ1) is 16.6. The largest absolute Gasteiger partial charge is 0.350 e. The lowest BCUT2D eigenvalue weighted by atomic mass is 10.1. The van der Waals surface area contributed by atoms with Crippen molar-refractivity contribution in [2.75, 3.05) is 17.1 Å². The van der Waals surface area contributed by atoms with E-state index in [2.05, 4.69) is 5.32 Å². The summed E-state index contributed by atoms with van der Waals surface area (Å²) in [6.45, 7) is 11.6. The van der Waals surface area contributed by atoms with Crippen LogP contribution in [0.3, 0.4) is 0 Å². The third-order valence-corrected chi connectivity index (χ3v) is 7.15. The van der Waals surface area contributed by atoms with Crippen LogP contribution in [0.25, 0.3) is 0 Å². The zero-order valence-corrected chi connectivity index (χ0v) is 23.8. The van der Waals surface area contributed by atoms with Crippen molar-refractivity contribution in [3.8, 4) is 0 Å². The minimum atomic E-state index is -3.59. The zero-order valence-electron chi connectivity index (χ0n) is 22.3. The fourth-order valence-corrected chi connectivity index (χ4v) is 4.96. The number of benzene rings is 2. The lowest BCUT2D eigenvalue weighted by Gasteiger charge is -2.32. The number of halogens is 1. The molecule has 36 heavy (non-hydrogen) atoms. The van der Waals surface area contributed by atoms with Gasteiger partial charge in [-0.3, -0.25) is 13.9 Å². The predicted octanol–water partition coefficient (Wildman–Crippen LogP) is 4.84. The summed E-state index contributed by atoms with van der Waals surface area (Å²) in [6, 6.07) is 12.2. The monoisotopic (exact) mass is 535 g/mol. The van der Waals surface area contributed by atoms with Gasteiger partial charge in [-0.25, -0.2) is 8.42 Å². The Kier molecular flexibility index (Phi) is 9.97. The molecular weight excluding hydrogens is 498 g/mol. The summed E-state index contributed by atoms with van der Waals surface area (Å²) in [4.78, 5) is 27.8. The summed E-state index contributed by atoms with van der Waals surface area (Å²) in [5.41, 5.74) is 2.84. The van der Waals surface area contributed by atoms with Crippen LogP contribution in [0.1, 0.15) is 57.2 Å². The number of rotatable bonds is 10. The van der Waals surface area contributed by atoms with Crippen LogP contribution in [0, 0.1) is 13.8 Å². The average Bonchev–Trinajstić information content (AvgIpc) is 2.75. The van der Waals surface area contributed by atoms with Crippen molar-refractivity contribution in [2.24, 2.45) is 0 Å². The smallest absolute Gasteiger partial charge is 0.242 e. The average molecular weight is 536 g/mol. The number of nitrogens with one attached hydrogen (secondary N) is 1. The minimum absolute atomic E-state index is 0.0879. The maximum Gasteiger partial charge on any atom is 0.242 e. The molecule has 0 unspecified atom stereocenters. The lowest BCUT2D eigenvalue weighted by molar-refractivity contribution is -0.141. The first-order valence-electron chi connectivity index (χ1n) is 12.0. The molecular formula is C27H38ClN3O4S. The molecule has 0 radical (unpaired) electrons. The quantitative estimate of drug-likeness (QED) is 0.472. The highest BCUT2D eigenvalue weighted by molar-refractivity contribution is 7.92. The highest BCUT2D eigenvalue weighted by Gasteiger charge is 2.28. The molecule has 0 saturated carbocycles. The first-order valence-corrected chi connectivity index (χ1v) is 14.2. The Morgan fingerprint density at radius 2 is 1.67 bits per heavy atom. The Labute approximate surface area is 220 Å². The summed E-state index contributed by atoms with van der Waals surface area (Å²) in [5, 5.41) is 3.38. The molecule has 1 atom stereocenters. The molecule has 0 aliphatic rings. The van der Waals surface area contributed by atoms with E-state index in [1.807, 2.05) is 58.9 Å². The van der Waals surface area contributed by atoms with E-state index in [4.69, 9.17) is 11.6 Å². The van der Waals surface area contributed by atoms with Crippen molar-refractivity contribution in [1.29, 1.82) is 0 Å². The van der Waals surface area contributed by atoms with Gasteiger partial charge < -0.3 is 10.2 Å². The van der Waals surface area contributed by atoms with Crippen LogP contribution in [0.5, 0.6) is 0 Å². The number of aryl methyl sites for hydroxylation is 2. The molecule has 9 heteroatoms. The van der Waals surface area contributed by atoms with Gasteiger partial charge in [-0.05, 0) is 71.2 Å². The molecule has 2 rings (SSSR count). The van der Waals surface area contributed by atoms with Gasteiger partial charge in [0.2, 0.25) is 21.8 Å². The van der Waals surface area contributed by atoms with Gasteiger partial charge in [-0.15, -0.1) is 0 Å². The normalized spacial score (nSPS) is 12.7. The van der Waals surface area contributed by atoms with E-state index in [0.717, 1.165) is 22.9 Å². The maximum absolute atomic E-state index is 13.4. The van der Waals surface area contributed by atoms with Crippen molar-refractivity contribution in [2.45, 2.75) is 72.5 Å². The number of carbonyl (C=O) groups excluding carboxylic acids is 2. The van der Waals surface area contributed by atoms with E-state index in [1.54, 1.807) is 30.0 Å².